The summed E-state index contributed by atoms with van der Waals surface area (Å²) in [6.07, 6.45) is 0.166. The molecule has 0 spiro atoms. The lowest BCUT2D eigenvalue weighted by atomic mass is 10.1. The highest BCUT2D eigenvalue weighted by Gasteiger charge is 2.36. The summed E-state index contributed by atoms with van der Waals surface area (Å²) in [5, 5.41) is 12.1. The van der Waals surface area contributed by atoms with Crippen LogP contribution < -0.4 is 19.7 Å². The van der Waals surface area contributed by atoms with Crippen LogP contribution in [0.4, 0.5) is 5.13 Å². The summed E-state index contributed by atoms with van der Waals surface area (Å²) in [5.74, 6) is 0.493. The Labute approximate surface area is 155 Å². The van der Waals surface area contributed by atoms with Crippen molar-refractivity contribution in [3.63, 3.8) is 0 Å². The maximum absolute atomic E-state index is 12.5. The monoisotopic (exact) mass is 376 g/mol. The van der Waals surface area contributed by atoms with Crippen LogP contribution in [0.3, 0.4) is 0 Å². The van der Waals surface area contributed by atoms with Crippen LogP contribution >= 0.6 is 11.3 Å². The van der Waals surface area contributed by atoms with E-state index >= 15 is 0 Å². The molecule has 1 saturated heterocycles. The summed E-state index contributed by atoms with van der Waals surface area (Å²) < 4.78 is 10.6. The summed E-state index contributed by atoms with van der Waals surface area (Å²) >= 11 is 1.34. The molecule has 9 heteroatoms. The van der Waals surface area contributed by atoms with E-state index in [9.17, 15) is 9.59 Å². The van der Waals surface area contributed by atoms with Gasteiger partial charge in [-0.1, -0.05) is 23.5 Å². The second kappa shape index (κ2) is 7.69. The van der Waals surface area contributed by atoms with Gasteiger partial charge in [0.05, 0.1) is 20.1 Å². The van der Waals surface area contributed by atoms with Gasteiger partial charge >= 0.3 is 0 Å². The number of aromatic nitrogens is 2. The highest BCUT2D eigenvalue weighted by atomic mass is 32.1. The minimum absolute atomic E-state index is 0.111. The number of amides is 2. The number of methoxy groups -OCH3 is 2. The minimum Gasteiger partial charge on any atom is -0.493 e. The van der Waals surface area contributed by atoms with Crippen LogP contribution in [-0.2, 0) is 16.1 Å². The van der Waals surface area contributed by atoms with Crippen LogP contribution in [0.15, 0.2) is 18.2 Å². The molecule has 0 saturated carbocycles. The van der Waals surface area contributed by atoms with E-state index in [2.05, 4.69) is 15.5 Å². The maximum Gasteiger partial charge on any atom is 0.229 e. The first kappa shape index (κ1) is 18.1. The van der Waals surface area contributed by atoms with Gasteiger partial charge in [0.25, 0.3) is 0 Å². The summed E-state index contributed by atoms with van der Waals surface area (Å²) in [7, 11) is 3.12. The predicted octanol–water partition coefficient (Wildman–Crippen LogP) is 1.53. The fourth-order valence-electron chi connectivity index (χ4n) is 2.88. The van der Waals surface area contributed by atoms with E-state index in [0.29, 0.717) is 29.7 Å². The topological polar surface area (TPSA) is 93.7 Å². The lowest BCUT2D eigenvalue weighted by molar-refractivity contribution is -0.126. The zero-order chi connectivity index (χ0) is 18.7. The number of carbonyl (C=O) groups is 2. The van der Waals surface area contributed by atoms with Crippen molar-refractivity contribution >= 4 is 28.3 Å². The first-order valence-corrected chi connectivity index (χ1v) is 8.93. The molecule has 2 heterocycles. The Morgan fingerprint density at radius 1 is 1.35 bits per heavy atom. The Balaban J connectivity index is 1.64. The van der Waals surface area contributed by atoms with Crippen LogP contribution in [0, 0.1) is 12.8 Å². The van der Waals surface area contributed by atoms with Gasteiger partial charge in [-0.25, -0.2) is 0 Å². The Morgan fingerprint density at radius 3 is 2.81 bits per heavy atom. The fraction of sp³-hybridized carbons (Fsp3) is 0.412. The largest absolute Gasteiger partial charge is 0.493 e. The number of ether oxygens (including phenoxy) is 2. The molecule has 1 atom stereocenters. The Bertz CT molecular complexity index is 823. The fourth-order valence-corrected chi connectivity index (χ4v) is 3.60. The Kier molecular flexibility index (Phi) is 5.36. The van der Waals surface area contributed by atoms with Crippen molar-refractivity contribution in [2.24, 2.45) is 5.92 Å². The molecule has 2 amide bonds. The van der Waals surface area contributed by atoms with Gasteiger partial charge in [-0.3, -0.25) is 14.5 Å². The van der Waals surface area contributed by atoms with E-state index < -0.39 is 5.92 Å². The van der Waals surface area contributed by atoms with Gasteiger partial charge in [-0.05, 0) is 13.0 Å². The van der Waals surface area contributed by atoms with Crippen LogP contribution in [0.5, 0.6) is 11.5 Å². The number of nitrogens with zero attached hydrogens (tertiary/aromatic N) is 3. The number of para-hydroxylation sites is 1. The molecule has 2 aromatic rings. The normalized spacial score (nSPS) is 16.7. The van der Waals surface area contributed by atoms with Crippen LogP contribution in [-0.4, -0.2) is 42.8 Å². The van der Waals surface area contributed by atoms with E-state index in [4.69, 9.17) is 9.47 Å². The van der Waals surface area contributed by atoms with Crippen molar-refractivity contribution in [3.8, 4) is 11.5 Å². The van der Waals surface area contributed by atoms with Gasteiger partial charge in [0.15, 0.2) is 11.5 Å². The summed E-state index contributed by atoms with van der Waals surface area (Å²) in [4.78, 5) is 26.2. The third-order valence-electron chi connectivity index (χ3n) is 4.18. The lowest BCUT2D eigenvalue weighted by Crippen LogP contribution is -2.32. The zero-order valence-corrected chi connectivity index (χ0v) is 15.6. The van der Waals surface area contributed by atoms with Crippen LogP contribution in [0.1, 0.15) is 17.0 Å². The standard InChI is InChI=1S/C17H20N4O4S/c1-10-19-20-17(26-10)21-9-12(7-14(21)22)16(23)18-8-11-5-4-6-13(24-2)15(11)25-3/h4-6,12H,7-9H2,1-3H3,(H,18,23). The highest BCUT2D eigenvalue weighted by Crippen LogP contribution is 2.31. The average Bonchev–Trinajstić information content (AvgIpc) is 3.24. The van der Waals surface area contributed by atoms with E-state index in [-0.39, 0.29) is 18.2 Å². The van der Waals surface area contributed by atoms with Gasteiger partial charge in [0.1, 0.15) is 5.01 Å². The highest BCUT2D eigenvalue weighted by molar-refractivity contribution is 7.15. The van der Waals surface area contributed by atoms with Gasteiger partial charge < -0.3 is 14.8 Å². The zero-order valence-electron chi connectivity index (χ0n) is 14.8. The molecule has 1 unspecified atom stereocenters. The number of rotatable bonds is 6. The summed E-state index contributed by atoms with van der Waals surface area (Å²) in [6, 6.07) is 5.49. The number of carbonyl (C=O) groups excluding carboxylic acids is 2. The molecule has 1 aliphatic rings. The second-order valence-electron chi connectivity index (χ2n) is 5.88. The van der Waals surface area contributed by atoms with E-state index in [0.717, 1.165) is 10.6 Å². The molecule has 1 aromatic carbocycles. The number of aryl methyl sites for hydroxylation is 1. The molecule has 1 aromatic heterocycles. The van der Waals surface area contributed by atoms with Crippen molar-refractivity contribution < 1.29 is 19.1 Å². The van der Waals surface area contributed by atoms with E-state index in [1.54, 1.807) is 20.3 Å². The van der Waals surface area contributed by atoms with Gasteiger partial charge in [0.2, 0.25) is 16.9 Å². The Morgan fingerprint density at radius 2 is 2.15 bits per heavy atom. The van der Waals surface area contributed by atoms with E-state index in [1.165, 1.54) is 16.2 Å². The van der Waals surface area contributed by atoms with Crippen molar-refractivity contribution in [2.75, 3.05) is 25.7 Å². The number of anilines is 1. The third-order valence-corrected chi connectivity index (χ3v) is 5.04. The smallest absolute Gasteiger partial charge is 0.229 e. The molecule has 26 heavy (non-hydrogen) atoms. The Hall–Kier alpha value is -2.68. The van der Waals surface area contributed by atoms with Crippen molar-refractivity contribution in [2.45, 2.75) is 19.9 Å². The van der Waals surface area contributed by atoms with Gasteiger partial charge in [0, 0.05) is 25.1 Å². The van der Waals surface area contributed by atoms with Crippen LogP contribution in [0.25, 0.3) is 0 Å². The molecule has 8 nitrogen and oxygen atoms in total. The van der Waals surface area contributed by atoms with Crippen molar-refractivity contribution in [1.82, 2.24) is 15.5 Å². The summed E-state index contributed by atoms with van der Waals surface area (Å²) in [5.41, 5.74) is 0.807. The van der Waals surface area contributed by atoms with Crippen molar-refractivity contribution in [3.05, 3.63) is 28.8 Å². The molecular formula is C17H20N4O4S. The quantitative estimate of drug-likeness (QED) is 0.822. The molecule has 3 rings (SSSR count). The molecule has 1 N–H and O–H groups in total. The van der Waals surface area contributed by atoms with Gasteiger partial charge in [-0.15, -0.1) is 10.2 Å². The van der Waals surface area contributed by atoms with E-state index in [1.807, 2.05) is 19.1 Å². The average molecular weight is 376 g/mol. The van der Waals surface area contributed by atoms with Crippen molar-refractivity contribution in [1.29, 1.82) is 0 Å². The molecule has 0 bridgehead atoms. The lowest BCUT2D eigenvalue weighted by Gasteiger charge is -2.15. The SMILES string of the molecule is COc1cccc(CNC(=O)C2CC(=O)N(c3nnc(C)s3)C2)c1OC. The van der Waals surface area contributed by atoms with Crippen LogP contribution in [0.2, 0.25) is 0 Å². The second-order valence-corrected chi connectivity index (χ2v) is 7.04. The molecule has 0 aliphatic carbocycles. The predicted molar refractivity (Wildman–Crippen MR) is 96.5 cm³/mol. The first-order valence-electron chi connectivity index (χ1n) is 8.11. The number of hydrogen-bond donors (Lipinski definition) is 1. The van der Waals surface area contributed by atoms with Gasteiger partial charge in [-0.2, -0.15) is 0 Å². The number of hydrogen-bond acceptors (Lipinski definition) is 7. The molecule has 1 fully saturated rings. The molecule has 0 radical (unpaired) electrons. The molecule has 1 aliphatic heterocycles. The number of nitrogens with one attached hydrogen (secondary N) is 1. The number of benzene rings is 1. The third kappa shape index (κ3) is 3.62. The summed E-state index contributed by atoms with van der Waals surface area (Å²) in [6.45, 7) is 2.43. The molecular weight excluding hydrogens is 356 g/mol. The minimum atomic E-state index is -0.414. The maximum atomic E-state index is 12.5. The first-order chi connectivity index (χ1) is 12.5. The molecule has 138 valence electrons.